The summed E-state index contributed by atoms with van der Waals surface area (Å²) < 4.78 is 5.49. The van der Waals surface area contributed by atoms with E-state index in [0.29, 0.717) is 5.92 Å². The molecule has 0 bridgehead atoms. The Morgan fingerprint density at radius 2 is 2.44 bits per heavy atom. The third-order valence-corrected chi connectivity index (χ3v) is 3.02. The highest BCUT2D eigenvalue weighted by Crippen LogP contribution is 2.19. The average Bonchev–Trinajstić information content (AvgIpc) is 2.31. The quantitative estimate of drug-likeness (QED) is 0.778. The van der Waals surface area contributed by atoms with Crippen LogP contribution in [0.5, 0.6) is 0 Å². The molecule has 1 aromatic heterocycles. The zero-order valence-corrected chi connectivity index (χ0v) is 10.0. The molecule has 0 saturated carbocycles. The van der Waals surface area contributed by atoms with Crippen molar-refractivity contribution in [1.82, 2.24) is 9.97 Å². The Kier molecular flexibility index (Phi) is 3.72. The lowest BCUT2D eigenvalue weighted by Crippen LogP contribution is -2.31. The molecular weight excluding hydrogens is 202 g/mol. The SMILES string of the molecule is Cc1cncnc1N(C)CC1CCCOC1. The molecule has 1 fully saturated rings. The fourth-order valence-electron chi connectivity index (χ4n) is 2.22. The van der Waals surface area contributed by atoms with Crippen molar-refractivity contribution in [3.8, 4) is 0 Å². The maximum absolute atomic E-state index is 5.49. The lowest BCUT2D eigenvalue weighted by atomic mass is 10.0. The molecule has 0 radical (unpaired) electrons. The van der Waals surface area contributed by atoms with Gasteiger partial charge in [-0.2, -0.15) is 0 Å². The van der Waals surface area contributed by atoms with E-state index in [1.54, 1.807) is 6.33 Å². The molecule has 2 rings (SSSR count). The summed E-state index contributed by atoms with van der Waals surface area (Å²) in [6.45, 7) is 4.86. The minimum absolute atomic E-state index is 0.633. The molecule has 88 valence electrons. The van der Waals surface area contributed by atoms with Gasteiger partial charge in [-0.3, -0.25) is 0 Å². The Morgan fingerprint density at radius 1 is 1.56 bits per heavy atom. The van der Waals surface area contributed by atoms with Crippen LogP contribution in [0.1, 0.15) is 18.4 Å². The molecule has 0 N–H and O–H groups in total. The van der Waals surface area contributed by atoms with Crippen LogP contribution in [0.2, 0.25) is 0 Å². The number of aryl methyl sites for hydroxylation is 1. The second-order valence-electron chi connectivity index (χ2n) is 4.49. The lowest BCUT2D eigenvalue weighted by molar-refractivity contribution is 0.0576. The largest absolute Gasteiger partial charge is 0.381 e. The zero-order chi connectivity index (χ0) is 11.4. The van der Waals surface area contributed by atoms with Crippen molar-refractivity contribution in [2.75, 3.05) is 31.7 Å². The highest BCUT2D eigenvalue weighted by atomic mass is 16.5. The van der Waals surface area contributed by atoms with E-state index in [9.17, 15) is 0 Å². The van der Waals surface area contributed by atoms with E-state index >= 15 is 0 Å². The smallest absolute Gasteiger partial charge is 0.134 e. The van der Waals surface area contributed by atoms with Gasteiger partial charge >= 0.3 is 0 Å². The first kappa shape index (κ1) is 11.3. The molecular formula is C12H19N3O. The van der Waals surface area contributed by atoms with Crippen molar-refractivity contribution in [3.05, 3.63) is 18.1 Å². The van der Waals surface area contributed by atoms with Crippen molar-refractivity contribution < 1.29 is 4.74 Å². The van der Waals surface area contributed by atoms with Gasteiger partial charge in [0.05, 0.1) is 6.61 Å². The van der Waals surface area contributed by atoms with Gasteiger partial charge in [0.1, 0.15) is 12.1 Å². The van der Waals surface area contributed by atoms with Crippen molar-refractivity contribution in [3.63, 3.8) is 0 Å². The van der Waals surface area contributed by atoms with Gasteiger partial charge < -0.3 is 9.64 Å². The average molecular weight is 221 g/mol. The Bertz CT molecular complexity index is 337. The molecule has 1 saturated heterocycles. The summed E-state index contributed by atoms with van der Waals surface area (Å²) in [5.74, 6) is 1.66. The number of rotatable bonds is 3. The van der Waals surface area contributed by atoms with Crippen LogP contribution in [0.15, 0.2) is 12.5 Å². The van der Waals surface area contributed by atoms with Crippen molar-refractivity contribution >= 4 is 5.82 Å². The maximum Gasteiger partial charge on any atom is 0.134 e. The van der Waals surface area contributed by atoms with E-state index in [1.807, 2.05) is 13.1 Å². The van der Waals surface area contributed by atoms with Crippen molar-refractivity contribution in [2.45, 2.75) is 19.8 Å². The first-order valence-corrected chi connectivity index (χ1v) is 5.83. The highest BCUT2D eigenvalue weighted by molar-refractivity contribution is 5.43. The predicted octanol–water partition coefficient (Wildman–Crippen LogP) is 1.65. The molecule has 1 unspecified atom stereocenters. The second kappa shape index (κ2) is 5.25. The van der Waals surface area contributed by atoms with E-state index in [4.69, 9.17) is 4.74 Å². The van der Waals surface area contributed by atoms with Crippen LogP contribution in [0, 0.1) is 12.8 Å². The summed E-state index contributed by atoms with van der Waals surface area (Å²) in [6, 6.07) is 0. The van der Waals surface area contributed by atoms with E-state index < -0.39 is 0 Å². The van der Waals surface area contributed by atoms with E-state index in [2.05, 4.69) is 21.9 Å². The van der Waals surface area contributed by atoms with Crippen LogP contribution in [0.4, 0.5) is 5.82 Å². The number of ether oxygens (including phenoxy) is 1. The lowest BCUT2D eigenvalue weighted by Gasteiger charge is -2.28. The topological polar surface area (TPSA) is 38.2 Å². The molecule has 0 aliphatic carbocycles. The zero-order valence-electron chi connectivity index (χ0n) is 10.0. The number of hydrogen-bond acceptors (Lipinski definition) is 4. The van der Waals surface area contributed by atoms with Gasteiger partial charge in [0.25, 0.3) is 0 Å². The van der Waals surface area contributed by atoms with E-state index in [-0.39, 0.29) is 0 Å². The number of hydrogen-bond donors (Lipinski definition) is 0. The summed E-state index contributed by atoms with van der Waals surface area (Å²) in [4.78, 5) is 10.5. The molecule has 0 aromatic carbocycles. The van der Waals surface area contributed by atoms with Gasteiger partial charge in [-0.25, -0.2) is 9.97 Å². The van der Waals surface area contributed by atoms with Gasteiger partial charge in [0.2, 0.25) is 0 Å². The third kappa shape index (κ3) is 2.70. The van der Waals surface area contributed by atoms with Crippen LogP contribution < -0.4 is 4.90 Å². The first-order valence-electron chi connectivity index (χ1n) is 5.83. The van der Waals surface area contributed by atoms with Crippen LogP contribution in [-0.2, 0) is 4.74 Å². The van der Waals surface area contributed by atoms with Crippen LogP contribution in [0.3, 0.4) is 0 Å². The summed E-state index contributed by atoms with van der Waals surface area (Å²) in [5.41, 5.74) is 1.13. The fourth-order valence-corrected chi connectivity index (χ4v) is 2.22. The molecule has 1 aliphatic heterocycles. The van der Waals surface area contributed by atoms with Gasteiger partial charge in [0.15, 0.2) is 0 Å². The van der Waals surface area contributed by atoms with Gasteiger partial charge in [-0.15, -0.1) is 0 Å². The molecule has 4 heteroatoms. The minimum atomic E-state index is 0.633. The molecule has 1 aromatic rings. The molecule has 0 spiro atoms. The Morgan fingerprint density at radius 3 is 3.12 bits per heavy atom. The van der Waals surface area contributed by atoms with E-state index in [1.165, 1.54) is 12.8 Å². The predicted molar refractivity (Wildman–Crippen MR) is 63.6 cm³/mol. The Hall–Kier alpha value is -1.16. The fraction of sp³-hybridized carbons (Fsp3) is 0.667. The number of nitrogens with zero attached hydrogens (tertiary/aromatic N) is 3. The van der Waals surface area contributed by atoms with Crippen molar-refractivity contribution in [2.24, 2.45) is 5.92 Å². The summed E-state index contributed by atoms with van der Waals surface area (Å²) >= 11 is 0. The second-order valence-corrected chi connectivity index (χ2v) is 4.49. The molecule has 16 heavy (non-hydrogen) atoms. The van der Waals surface area contributed by atoms with Crippen LogP contribution >= 0.6 is 0 Å². The normalized spacial score (nSPS) is 20.8. The van der Waals surface area contributed by atoms with Gasteiger partial charge in [-0.1, -0.05) is 0 Å². The summed E-state index contributed by atoms with van der Waals surface area (Å²) in [6.07, 6.45) is 5.90. The highest BCUT2D eigenvalue weighted by Gasteiger charge is 2.17. The maximum atomic E-state index is 5.49. The summed E-state index contributed by atoms with van der Waals surface area (Å²) in [5, 5.41) is 0. The van der Waals surface area contributed by atoms with Crippen molar-refractivity contribution in [1.29, 1.82) is 0 Å². The molecule has 1 atom stereocenters. The minimum Gasteiger partial charge on any atom is -0.381 e. The molecule has 1 aliphatic rings. The molecule has 2 heterocycles. The number of anilines is 1. The van der Waals surface area contributed by atoms with Gasteiger partial charge in [-0.05, 0) is 25.7 Å². The monoisotopic (exact) mass is 221 g/mol. The van der Waals surface area contributed by atoms with Gasteiger partial charge in [0, 0.05) is 32.0 Å². The standard InChI is InChI=1S/C12H19N3O/c1-10-6-13-9-14-12(10)15(2)7-11-4-3-5-16-8-11/h6,9,11H,3-5,7-8H2,1-2H3. The van der Waals surface area contributed by atoms with Crippen LogP contribution in [-0.4, -0.2) is 36.8 Å². The molecule has 0 amide bonds. The summed E-state index contributed by atoms with van der Waals surface area (Å²) in [7, 11) is 2.09. The third-order valence-electron chi connectivity index (χ3n) is 3.02. The first-order chi connectivity index (χ1) is 7.77. The number of aromatic nitrogens is 2. The Labute approximate surface area is 96.7 Å². The molecule has 4 nitrogen and oxygen atoms in total. The van der Waals surface area contributed by atoms with Crippen LogP contribution in [0.25, 0.3) is 0 Å². The van der Waals surface area contributed by atoms with E-state index in [0.717, 1.165) is 31.1 Å². The Balaban J connectivity index is 1.96.